The van der Waals surface area contributed by atoms with Gasteiger partial charge >= 0.3 is 0 Å². The number of fused-ring (bicyclic) bond motifs is 1. The van der Waals surface area contributed by atoms with Gasteiger partial charge in [0, 0.05) is 31.1 Å². The Morgan fingerprint density at radius 1 is 1.37 bits per heavy atom. The average molecular weight is 280 g/mol. The number of aromatic nitrogens is 1. The van der Waals surface area contributed by atoms with Crippen LogP contribution in [0, 0.1) is 0 Å². The van der Waals surface area contributed by atoms with E-state index >= 15 is 0 Å². The highest BCUT2D eigenvalue weighted by atomic mass is 32.1. The van der Waals surface area contributed by atoms with Crippen LogP contribution in [0.4, 0.5) is 0 Å². The van der Waals surface area contributed by atoms with Crippen molar-refractivity contribution in [3.8, 4) is 0 Å². The molecule has 0 aromatic carbocycles. The Kier molecular flexibility index (Phi) is 4.48. The second-order valence-corrected chi connectivity index (χ2v) is 6.63. The Balaban J connectivity index is 1.58. The van der Waals surface area contributed by atoms with Crippen molar-refractivity contribution in [3.05, 3.63) is 16.1 Å². The van der Waals surface area contributed by atoms with Crippen LogP contribution in [0.25, 0.3) is 0 Å². The molecule has 2 aliphatic heterocycles. The SMILES string of the molecule is CNCc1nc(CN2CCCN3CCCC3C2)cs1. The van der Waals surface area contributed by atoms with Gasteiger partial charge in [-0.15, -0.1) is 11.3 Å². The monoisotopic (exact) mass is 280 g/mol. The predicted octanol–water partition coefficient (Wildman–Crippen LogP) is 1.53. The Morgan fingerprint density at radius 2 is 2.26 bits per heavy atom. The minimum Gasteiger partial charge on any atom is -0.314 e. The summed E-state index contributed by atoms with van der Waals surface area (Å²) in [6, 6.07) is 0.804. The van der Waals surface area contributed by atoms with Crippen molar-refractivity contribution < 1.29 is 0 Å². The van der Waals surface area contributed by atoms with Gasteiger partial charge in [0.05, 0.1) is 5.69 Å². The van der Waals surface area contributed by atoms with Crippen LogP contribution in [-0.2, 0) is 13.1 Å². The molecule has 1 N–H and O–H groups in total. The zero-order valence-corrected chi connectivity index (χ0v) is 12.6. The first-order chi connectivity index (χ1) is 9.35. The third-order valence-corrected chi connectivity index (χ3v) is 5.10. The van der Waals surface area contributed by atoms with E-state index in [1.54, 1.807) is 11.3 Å². The second kappa shape index (κ2) is 6.31. The molecule has 0 amide bonds. The van der Waals surface area contributed by atoms with Crippen LogP contribution >= 0.6 is 11.3 Å². The van der Waals surface area contributed by atoms with E-state index in [4.69, 9.17) is 4.98 Å². The van der Waals surface area contributed by atoms with Crippen molar-refractivity contribution in [2.24, 2.45) is 0 Å². The van der Waals surface area contributed by atoms with E-state index in [9.17, 15) is 0 Å². The molecule has 19 heavy (non-hydrogen) atoms. The van der Waals surface area contributed by atoms with E-state index in [1.807, 2.05) is 7.05 Å². The number of hydrogen-bond donors (Lipinski definition) is 1. The van der Waals surface area contributed by atoms with Crippen molar-refractivity contribution in [3.63, 3.8) is 0 Å². The highest BCUT2D eigenvalue weighted by Gasteiger charge is 2.28. The molecule has 0 aliphatic carbocycles. The maximum Gasteiger partial charge on any atom is 0.107 e. The maximum atomic E-state index is 4.71. The van der Waals surface area contributed by atoms with Crippen molar-refractivity contribution in [1.82, 2.24) is 20.1 Å². The lowest BCUT2D eigenvalue weighted by Crippen LogP contribution is -2.36. The van der Waals surface area contributed by atoms with Gasteiger partial charge in [0.1, 0.15) is 5.01 Å². The Morgan fingerprint density at radius 3 is 3.16 bits per heavy atom. The fourth-order valence-corrected chi connectivity index (χ4v) is 4.11. The first-order valence-electron chi connectivity index (χ1n) is 7.39. The minimum atomic E-state index is 0.804. The van der Waals surface area contributed by atoms with Crippen LogP contribution in [0.1, 0.15) is 30.0 Å². The van der Waals surface area contributed by atoms with Gasteiger partial charge < -0.3 is 5.32 Å². The molecule has 106 valence electrons. The molecule has 0 saturated carbocycles. The molecular formula is C14H24N4S. The molecule has 1 atom stereocenters. The Bertz CT molecular complexity index is 406. The summed E-state index contributed by atoms with van der Waals surface area (Å²) in [5, 5.41) is 6.60. The molecule has 3 heterocycles. The zero-order chi connectivity index (χ0) is 13.1. The molecule has 3 rings (SSSR count). The molecule has 1 aromatic rings. The Hall–Kier alpha value is -0.490. The molecule has 0 spiro atoms. The van der Waals surface area contributed by atoms with E-state index in [2.05, 4.69) is 20.5 Å². The summed E-state index contributed by atoms with van der Waals surface area (Å²) in [6.45, 7) is 7.00. The predicted molar refractivity (Wildman–Crippen MR) is 79.4 cm³/mol. The van der Waals surface area contributed by atoms with Gasteiger partial charge in [-0.2, -0.15) is 0 Å². The highest BCUT2D eigenvalue weighted by Crippen LogP contribution is 2.22. The van der Waals surface area contributed by atoms with Crippen molar-refractivity contribution >= 4 is 11.3 Å². The smallest absolute Gasteiger partial charge is 0.107 e. The lowest BCUT2D eigenvalue weighted by Gasteiger charge is -2.24. The standard InChI is InChI=1S/C14H24N4S/c1-15-8-14-16-12(11-19-14)9-17-5-3-7-18-6-2-4-13(18)10-17/h11,13,15H,2-10H2,1H3. The lowest BCUT2D eigenvalue weighted by atomic mass is 10.2. The topological polar surface area (TPSA) is 31.4 Å². The number of thiazole rings is 1. The van der Waals surface area contributed by atoms with E-state index < -0.39 is 0 Å². The normalized spacial score (nSPS) is 25.4. The summed E-state index contributed by atoms with van der Waals surface area (Å²) in [4.78, 5) is 10.0. The van der Waals surface area contributed by atoms with Crippen LogP contribution in [0.2, 0.25) is 0 Å². The maximum absolute atomic E-state index is 4.71. The third kappa shape index (κ3) is 3.34. The van der Waals surface area contributed by atoms with Gasteiger partial charge in [-0.25, -0.2) is 4.98 Å². The summed E-state index contributed by atoms with van der Waals surface area (Å²) in [5.41, 5.74) is 1.25. The highest BCUT2D eigenvalue weighted by molar-refractivity contribution is 7.09. The lowest BCUT2D eigenvalue weighted by molar-refractivity contribution is 0.214. The van der Waals surface area contributed by atoms with Gasteiger partial charge in [-0.3, -0.25) is 9.80 Å². The number of nitrogens with one attached hydrogen (secondary N) is 1. The molecule has 0 radical (unpaired) electrons. The first kappa shape index (κ1) is 13.5. The van der Waals surface area contributed by atoms with Gasteiger partial charge in [0.25, 0.3) is 0 Å². The molecule has 1 unspecified atom stereocenters. The summed E-state index contributed by atoms with van der Waals surface area (Å²) in [7, 11) is 1.98. The molecule has 2 fully saturated rings. The quantitative estimate of drug-likeness (QED) is 0.906. The van der Waals surface area contributed by atoms with Crippen molar-refractivity contribution in [1.29, 1.82) is 0 Å². The molecule has 4 nitrogen and oxygen atoms in total. The average Bonchev–Trinajstić information content (AvgIpc) is 2.97. The van der Waals surface area contributed by atoms with Crippen LogP contribution in [0.15, 0.2) is 5.38 Å². The molecule has 0 bridgehead atoms. The third-order valence-electron chi connectivity index (χ3n) is 4.20. The number of rotatable bonds is 4. The van der Waals surface area contributed by atoms with Gasteiger partial charge in [0.15, 0.2) is 0 Å². The largest absolute Gasteiger partial charge is 0.314 e. The van der Waals surface area contributed by atoms with Gasteiger partial charge in [0.2, 0.25) is 0 Å². The fourth-order valence-electron chi connectivity index (χ4n) is 3.31. The van der Waals surface area contributed by atoms with Crippen LogP contribution in [0.3, 0.4) is 0 Å². The number of hydrogen-bond acceptors (Lipinski definition) is 5. The number of nitrogens with zero attached hydrogens (tertiary/aromatic N) is 3. The van der Waals surface area contributed by atoms with E-state index in [0.717, 1.165) is 19.1 Å². The van der Waals surface area contributed by atoms with E-state index in [0.29, 0.717) is 0 Å². The molecular weight excluding hydrogens is 256 g/mol. The zero-order valence-electron chi connectivity index (χ0n) is 11.8. The Labute approximate surface area is 119 Å². The molecule has 1 aromatic heterocycles. The van der Waals surface area contributed by atoms with Crippen molar-refractivity contribution in [2.75, 3.05) is 33.2 Å². The van der Waals surface area contributed by atoms with Crippen molar-refractivity contribution in [2.45, 2.75) is 38.4 Å². The van der Waals surface area contributed by atoms with E-state index in [1.165, 1.54) is 56.1 Å². The van der Waals surface area contributed by atoms with Crippen LogP contribution < -0.4 is 5.32 Å². The van der Waals surface area contributed by atoms with Crippen LogP contribution in [-0.4, -0.2) is 54.1 Å². The molecule has 5 heteroatoms. The molecule has 2 saturated heterocycles. The minimum absolute atomic E-state index is 0.804. The first-order valence-corrected chi connectivity index (χ1v) is 8.27. The second-order valence-electron chi connectivity index (χ2n) is 5.68. The summed E-state index contributed by atoms with van der Waals surface area (Å²) in [5.74, 6) is 0. The van der Waals surface area contributed by atoms with Gasteiger partial charge in [-0.05, 0) is 45.9 Å². The van der Waals surface area contributed by atoms with Gasteiger partial charge in [-0.1, -0.05) is 0 Å². The van der Waals surface area contributed by atoms with Crippen LogP contribution in [0.5, 0.6) is 0 Å². The fraction of sp³-hybridized carbons (Fsp3) is 0.786. The van der Waals surface area contributed by atoms with E-state index in [-0.39, 0.29) is 0 Å². The summed E-state index contributed by atoms with van der Waals surface area (Å²) in [6.07, 6.45) is 4.09. The summed E-state index contributed by atoms with van der Waals surface area (Å²) >= 11 is 1.78. The summed E-state index contributed by atoms with van der Waals surface area (Å²) < 4.78 is 0. The molecule has 2 aliphatic rings.